The summed E-state index contributed by atoms with van der Waals surface area (Å²) >= 11 is 11.7. The number of rotatable bonds is 2. The molecule has 1 aromatic carbocycles. The van der Waals surface area contributed by atoms with Crippen LogP contribution in [0.5, 0.6) is 0 Å². The number of benzene rings is 1. The Morgan fingerprint density at radius 1 is 1.18 bits per heavy atom. The molecule has 0 aliphatic carbocycles. The molecule has 0 atom stereocenters. The van der Waals surface area contributed by atoms with Crippen molar-refractivity contribution >= 4 is 23.2 Å². The van der Waals surface area contributed by atoms with Gasteiger partial charge in [-0.15, -0.1) is 0 Å². The quantitative estimate of drug-likeness (QED) is 0.662. The van der Waals surface area contributed by atoms with Crippen molar-refractivity contribution in [3.8, 4) is 0 Å². The zero-order valence-electron chi connectivity index (χ0n) is 5.98. The summed E-state index contributed by atoms with van der Waals surface area (Å²) in [6.07, 6.45) is 1.31. The molecule has 0 saturated carbocycles. The van der Waals surface area contributed by atoms with Gasteiger partial charge in [-0.25, -0.2) is 0 Å². The van der Waals surface area contributed by atoms with Gasteiger partial charge in [-0.1, -0.05) is 29.3 Å². The highest BCUT2D eigenvalue weighted by Gasteiger charge is 2.02. The minimum absolute atomic E-state index is 0.573. The van der Waals surface area contributed by atoms with Gasteiger partial charge in [-0.3, -0.25) is 0 Å². The lowest BCUT2D eigenvalue weighted by molar-refractivity contribution is 1.000. The summed E-state index contributed by atoms with van der Waals surface area (Å²) in [7, 11) is 0. The fourth-order valence-corrected chi connectivity index (χ4v) is 1.50. The molecule has 0 nitrogen and oxygen atoms in total. The maximum atomic E-state index is 5.87. The zero-order valence-corrected chi connectivity index (χ0v) is 7.49. The minimum atomic E-state index is 0.573. The van der Waals surface area contributed by atoms with E-state index in [9.17, 15) is 0 Å². The molecule has 0 N–H and O–H groups in total. The third kappa shape index (κ3) is 2.11. The van der Waals surface area contributed by atoms with E-state index >= 15 is 0 Å². The smallest absolute Gasteiger partial charge is 0.0452 e. The Morgan fingerprint density at radius 2 is 1.73 bits per heavy atom. The molecule has 2 heteroatoms. The van der Waals surface area contributed by atoms with Crippen LogP contribution in [0.2, 0.25) is 10.0 Å². The molecule has 0 spiro atoms. The summed E-state index contributed by atoms with van der Waals surface area (Å²) in [6.45, 7) is 5.38. The SMILES string of the molecule is [CH]CCc1c(Cl)cccc1Cl. The zero-order chi connectivity index (χ0) is 8.27. The van der Waals surface area contributed by atoms with Gasteiger partial charge in [-0.05, 0) is 37.5 Å². The fourth-order valence-electron chi connectivity index (χ4n) is 0.916. The second kappa shape index (κ2) is 3.99. The molecule has 0 unspecified atom stereocenters. The van der Waals surface area contributed by atoms with Crippen LogP contribution in [0.1, 0.15) is 12.0 Å². The molecule has 0 heterocycles. The predicted octanol–water partition coefficient (Wildman–Crippen LogP) is 3.64. The topological polar surface area (TPSA) is 0 Å². The summed E-state index contributed by atoms with van der Waals surface area (Å²) in [5.41, 5.74) is 0.943. The molecule has 58 valence electrons. The van der Waals surface area contributed by atoms with Gasteiger partial charge in [0.05, 0.1) is 0 Å². The first-order chi connectivity index (χ1) is 5.25. The van der Waals surface area contributed by atoms with E-state index in [2.05, 4.69) is 0 Å². The van der Waals surface area contributed by atoms with Crippen molar-refractivity contribution in [1.82, 2.24) is 0 Å². The van der Waals surface area contributed by atoms with E-state index in [1.165, 1.54) is 0 Å². The summed E-state index contributed by atoms with van der Waals surface area (Å²) in [5.74, 6) is 0. The number of hydrogen-bond acceptors (Lipinski definition) is 0. The maximum absolute atomic E-state index is 5.87. The van der Waals surface area contributed by atoms with E-state index in [4.69, 9.17) is 30.1 Å². The standard InChI is InChI=1S/C9H8Cl2/c1-2-4-7-8(10)5-3-6-9(7)11/h1,3,5-6H,2,4H2. The highest BCUT2D eigenvalue weighted by molar-refractivity contribution is 6.35. The number of hydrogen-bond donors (Lipinski definition) is 0. The summed E-state index contributed by atoms with van der Waals surface area (Å²) < 4.78 is 0. The van der Waals surface area contributed by atoms with Crippen LogP contribution < -0.4 is 0 Å². The Hall–Kier alpha value is -0.200. The highest BCUT2D eigenvalue weighted by atomic mass is 35.5. The third-order valence-electron chi connectivity index (χ3n) is 1.46. The molecular weight excluding hydrogens is 179 g/mol. The van der Waals surface area contributed by atoms with Gasteiger partial charge in [0, 0.05) is 10.0 Å². The van der Waals surface area contributed by atoms with E-state index < -0.39 is 0 Å². The Labute approximate surface area is 77.1 Å². The van der Waals surface area contributed by atoms with Gasteiger partial charge < -0.3 is 0 Å². The van der Waals surface area contributed by atoms with E-state index in [-0.39, 0.29) is 0 Å². The number of halogens is 2. The summed E-state index contributed by atoms with van der Waals surface area (Å²) in [4.78, 5) is 0. The Morgan fingerprint density at radius 3 is 2.18 bits per heavy atom. The van der Waals surface area contributed by atoms with Crippen LogP contribution >= 0.6 is 23.2 Å². The molecule has 0 bridgehead atoms. The van der Waals surface area contributed by atoms with Gasteiger partial charge in [-0.2, -0.15) is 0 Å². The molecule has 2 radical (unpaired) electrons. The van der Waals surface area contributed by atoms with Crippen LogP contribution in [0.15, 0.2) is 18.2 Å². The van der Waals surface area contributed by atoms with Gasteiger partial charge in [0.15, 0.2) is 0 Å². The molecule has 1 aromatic rings. The average molecular weight is 187 g/mol. The van der Waals surface area contributed by atoms with E-state index in [1.807, 2.05) is 18.2 Å². The van der Waals surface area contributed by atoms with Crippen molar-refractivity contribution in [3.63, 3.8) is 0 Å². The molecule has 0 aromatic heterocycles. The Balaban J connectivity index is 3.00. The monoisotopic (exact) mass is 186 g/mol. The van der Waals surface area contributed by atoms with E-state index in [0.29, 0.717) is 16.5 Å². The van der Waals surface area contributed by atoms with Gasteiger partial charge in [0.25, 0.3) is 0 Å². The third-order valence-corrected chi connectivity index (χ3v) is 2.16. The minimum Gasteiger partial charge on any atom is -0.0840 e. The first kappa shape index (κ1) is 8.89. The molecule has 0 aliphatic heterocycles. The average Bonchev–Trinajstić information content (AvgIpc) is 1.97. The van der Waals surface area contributed by atoms with E-state index in [0.717, 1.165) is 12.0 Å². The van der Waals surface area contributed by atoms with Crippen LogP contribution in [0.25, 0.3) is 0 Å². The Bertz CT molecular complexity index is 223. The lowest BCUT2D eigenvalue weighted by Gasteiger charge is -2.03. The van der Waals surface area contributed by atoms with Crippen molar-refractivity contribution < 1.29 is 0 Å². The van der Waals surface area contributed by atoms with Crippen LogP contribution in [0, 0.1) is 6.92 Å². The lowest BCUT2D eigenvalue weighted by Crippen LogP contribution is -1.85. The first-order valence-corrected chi connectivity index (χ1v) is 4.14. The lowest BCUT2D eigenvalue weighted by atomic mass is 10.1. The van der Waals surface area contributed by atoms with E-state index in [1.54, 1.807) is 0 Å². The molecule has 0 aliphatic rings. The largest absolute Gasteiger partial charge is 0.0840 e. The van der Waals surface area contributed by atoms with Crippen molar-refractivity contribution in [2.45, 2.75) is 12.8 Å². The summed E-state index contributed by atoms with van der Waals surface area (Å²) in [5, 5.41) is 1.39. The predicted molar refractivity (Wildman–Crippen MR) is 49.1 cm³/mol. The van der Waals surface area contributed by atoms with Crippen molar-refractivity contribution in [3.05, 3.63) is 40.7 Å². The van der Waals surface area contributed by atoms with Gasteiger partial charge in [0.2, 0.25) is 0 Å². The molecule has 11 heavy (non-hydrogen) atoms. The molecular formula is C9H8Cl2. The molecule has 0 fully saturated rings. The maximum Gasteiger partial charge on any atom is 0.0452 e. The fraction of sp³-hybridized carbons (Fsp3) is 0.222. The Kier molecular flexibility index (Phi) is 3.22. The molecule has 0 saturated heterocycles. The van der Waals surface area contributed by atoms with Crippen LogP contribution in [-0.4, -0.2) is 0 Å². The van der Waals surface area contributed by atoms with Gasteiger partial charge >= 0.3 is 0 Å². The van der Waals surface area contributed by atoms with Crippen molar-refractivity contribution in [1.29, 1.82) is 0 Å². The molecule has 0 amide bonds. The van der Waals surface area contributed by atoms with Crippen molar-refractivity contribution in [2.75, 3.05) is 0 Å². The highest BCUT2D eigenvalue weighted by Crippen LogP contribution is 2.24. The summed E-state index contributed by atoms with van der Waals surface area (Å²) in [6, 6.07) is 5.46. The normalized spacial score (nSPS) is 10.1. The van der Waals surface area contributed by atoms with Crippen LogP contribution in [0.3, 0.4) is 0 Å². The first-order valence-electron chi connectivity index (χ1n) is 3.38. The van der Waals surface area contributed by atoms with Crippen LogP contribution in [0.4, 0.5) is 0 Å². The van der Waals surface area contributed by atoms with Crippen molar-refractivity contribution in [2.24, 2.45) is 0 Å². The van der Waals surface area contributed by atoms with Gasteiger partial charge in [0.1, 0.15) is 0 Å². The second-order valence-corrected chi connectivity index (χ2v) is 3.05. The molecule has 1 rings (SSSR count). The second-order valence-electron chi connectivity index (χ2n) is 2.24. The van der Waals surface area contributed by atoms with Crippen LogP contribution in [-0.2, 0) is 6.42 Å².